The molecule has 0 spiro atoms. The van der Waals surface area contributed by atoms with Crippen molar-refractivity contribution in [3.63, 3.8) is 0 Å². The lowest BCUT2D eigenvalue weighted by Gasteiger charge is -2.23. The van der Waals surface area contributed by atoms with Crippen molar-refractivity contribution in [1.29, 1.82) is 0 Å². The van der Waals surface area contributed by atoms with Gasteiger partial charge in [-0.2, -0.15) is 0 Å². The van der Waals surface area contributed by atoms with Gasteiger partial charge in [0.2, 0.25) is 5.91 Å². The second-order valence-corrected chi connectivity index (χ2v) is 4.92. The Bertz CT molecular complexity index is 487. The van der Waals surface area contributed by atoms with Crippen molar-refractivity contribution >= 4 is 17.6 Å². The molecule has 1 heterocycles. The first-order chi connectivity index (χ1) is 9.56. The van der Waals surface area contributed by atoms with Crippen LogP contribution in [0.3, 0.4) is 0 Å². The van der Waals surface area contributed by atoms with E-state index in [1.54, 1.807) is 12.1 Å². The summed E-state index contributed by atoms with van der Waals surface area (Å²) in [6, 6.07) is 7.20. The molecule has 1 saturated heterocycles. The first kappa shape index (κ1) is 14.3. The van der Waals surface area contributed by atoms with Gasteiger partial charge in [0.1, 0.15) is 0 Å². The third-order valence-electron chi connectivity index (χ3n) is 3.46. The molecule has 0 unspecified atom stereocenters. The molecular formula is C14H19N3O3. The van der Waals surface area contributed by atoms with Gasteiger partial charge in [-0.05, 0) is 30.7 Å². The number of nitrogens with zero attached hydrogens (tertiary/aromatic N) is 2. The highest BCUT2D eigenvalue weighted by atomic mass is 16.4. The summed E-state index contributed by atoms with van der Waals surface area (Å²) in [6.07, 6.45) is 0.921. The van der Waals surface area contributed by atoms with E-state index in [-0.39, 0.29) is 6.54 Å². The van der Waals surface area contributed by atoms with Crippen molar-refractivity contribution < 1.29 is 14.7 Å². The molecule has 0 radical (unpaired) electrons. The van der Waals surface area contributed by atoms with Crippen LogP contribution in [-0.2, 0) is 4.79 Å². The number of carboxylic acids is 1. The van der Waals surface area contributed by atoms with Crippen LogP contribution in [0.4, 0.5) is 5.69 Å². The highest BCUT2D eigenvalue weighted by Crippen LogP contribution is 2.17. The van der Waals surface area contributed by atoms with Gasteiger partial charge in [0, 0.05) is 37.4 Å². The minimum atomic E-state index is -0.788. The third-order valence-corrected chi connectivity index (χ3v) is 3.46. The fraction of sp³-hybridized carbons (Fsp3) is 0.429. The Hall–Kier alpha value is -2.08. The van der Waals surface area contributed by atoms with Gasteiger partial charge in [0.25, 0.3) is 0 Å². The number of carboxylic acid groups (broad SMARTS) is 1. The van der Waals surface area contributed by atoms with Gasteiger partial charge in [-0.1, -0.05) is 0 Å². The minimum Gasteiger partial charge on any atom is -0.480 e. The van der Waals surface area contributed by atoms with Crippen LogP contribution in [0.5, 0.6) is 0 Å². The predicted molar refractivity (Wildman–Crippen MR) is 75.9 cm³/mol. The van der Waals surface area contributed by atoms with Crippen LogP contribution >= 0.6 is 0 Å². The van der Waals surface area contributed by atoms with Crippen LogP contribution < -0.4 is 10.6 Å². The number of hydrogen-bond acceptors (Lipinski definition) is 4. The Morgan fingerprint density at radius 2 is 1.80 bits per heavy atom. The Labute approximate surface area is 117 Å². The van der Waals surface area contributed by atoms with E-state index in [1.165, 1.54) is 0 Å². The molecule has 0 aliphatic carbocycles. The largest absolute Gasteiger partial charge is 0.480 e. The number of hydrogen-bond donors (Lipinski definition) is 2. The summed E-state index contributed by atoms with van der Waals surface area (Å²) >= 11 is 0. The number of carbonyl (C=O) groups excluding carboxylic acids is 1. The number of benzene rings is 1. The Morgan fingerprint density at radius 1 is 1.10 bits per heavy atom. The summed E-state index contributed by atoms with van der Waals surface area (Å²) in [5.41, 5.74) is 6.75. The van der Waals surface area contributed by atoms with E-state index in [0.717, 1.165) is 38.3 Å². The van der Waals surface area contributed by atoms with Crippen LogP contribution in [0.2, 0.25) is 0 Å². The lowest BCUT2D eigenvalue weighted by molar-refractivity contribution is -0.138. The average molecular weight is 277 g/mol. The van der Waals surface area contributed by atoms with Crippen molar-refractivity contribution in [3.8, 4) is 0 Å². The number of anilines is 1. The summed E-state index contributed by atoms with van der Waals surface area (Å²) in [5, 5.41) is 8.82. The van der Waals surface area contributed by atoms with Crippen LogP contribution in [0.1, 0.15) is 16.8 Å². The number of primary amides is 1. The van der Waals surface area contributed by atoms with E-state index >= 15 is 0 Å². The minimum absolute atomic E-state index is 0.0917. The van der Waals surface area contributed by atoms with Gasteiger partial charge in [-0.15, -0.1) is 0 Å². The van der Waals surface area contributed by atoms with Crippen molar-refractivity contribution in [1.82, 2.24) is 4.90 Å². The van der Waals surface area contributed by atoms with E-state index in [2.05, 4.69) is 4.90 Å². The molecule has 0 saturated carbocycles. The molecule has 1 aliphatic rings. The summed E-state index contributed by atoms with van der Waals surface area (Å²) in [5.74, 6) is -1.22. The average Bonchev–Trinajstić information content (AvgIpc) is 2.64. The number of aliphatic carboxylic acids is 1. The van der Waals surface area contributed by atoms with E-state index in [9.17, 15) is 9.59 Å². The first-order valence-electron chi connectivity index (χ1n) is 6.65. The molecule has 2 rings (SSSR count). The SMILES string of the molecule is NC(=O)c1ccc(N2CCCN(CC(=O)O)CC2)cc1. The molecule has 6 heteroatoms. The fourth-order valence-electron chi connectivity index (χ4n) is 2.42. The first-order valence-corrected chi connectivity index (χ1v) is 6.65. The molecule has 0 bridgehead atoms. The molecule has 1 amide bonds. The van der Waals surface area contributed by atoms with Gasteiger partial charge in [-0.3, -0.25) is 14.5 Å². The van der Waals surface area contributed by atoms with Crippen molar-refractivity contribution in [2.75, 3.05) is 37.6 Å². The fourth-order valence-corrected chi connectivity index (χ4v) is 2.42. The molecular weight excluding hydrogens is 258 g/mol. The molecule has 1 aliphatic heterocycles. The van der Waals surface area contributed by atoms with Crippen LogP contribution in [-0.4, -0.2) is 54.6 Å². The number of amides is 1. The van der Waals surface area contributed by atoms with Crippen molar-refractivity contribution in [2.24, 2.45) is 5.73 Å². The Balaban J connectivity index is 1.99. The number of carbonyl (C=O) groups is 2. The zero-order valence-electron chi connectivity index (χ0n) is 11.3. The van der Waals surface area contributed by atoms with E-state index < -0.39 is 11.9 Å². The van der Waals surface area contributed by atoms with E-state index in [1.807, 2.05) is 17.0 Å². The summed E-state index contributed by atoms with van der Waals surface area (Å²) in [4.78, 5) is 25.9. The van der Waals surface area contributed by atoms with Crippen LogP contribution in [0.15, 0.2) is 24.3 Å². The predicted octanol–water partition coefficient (Wildman–Crippen LogP) is 0.382. The second kappa shape index (κ2) is 6.38. The highest BCUT2D eigenvalue weighted by Gasteiger charge is 2.17. The maximum Gasteiger partial charge on any atom is 0.317 e. The third kappa shape index (κ3) is 3.71. The lowest BCUT2D eigenvalue weighted by Crippen LogP contribution is -2.34. The topological polar surface area (TPSA) is 86.9 Å². The van der Waals surface area contributed by atoms with Crippen molar-refractivity contribution in [2.45, 2.75) is 6.42 Å². The quantitative estimate of drug-likeness (QED) is 0.831. The van der Waals surface area contributed by atoms with Crippen LogP contribution in [0, 0.1) is 0 Å². The maximum absolute atomic E-state index is 11.0. The molecule has 0 atom stereocenters. The summed E-state index contributed by atoms with van der Waals surface area (Å²) in [6.45, 7) is 3.27. The zero-order chi connectivity index (χ0) is 14.5. The molecule has 0 aromatic heterocycles. The Kier molecular flexibility index (Phi) is 4.57. The molecule has 6 nitrogen and oxygen atoms in total. The zero-order valence-corrected chi connectivity index (χ0v) is 11.3. The van der Waals surface area contributed by atoms with Crippen molar-refractivity contribution in [3.05, 3.63) is 29.8 Å². The van der Waals surface area contributed by atoms with Gasteiger partial charge >= 0.3 is 5.97 Å². The normalized spacial score (nSPS) is 16.7. The monoisotopic (exact) mass is 277 g/mol. The molecule has 1 aromatic carbocycles. The van der Waals surface area contributed by atoms with Gasteiger partial charge in [0.15, 0.2) is 0 Å². The standard InChI is InChI=1S/C14H19N3O3/c15-14(20)11-2-4-12(5-3-11)17-7-1-6-16(8-9-17)10-13(18)19/h2-5H,1,6-10H2,(H2,15,20)(H,18,19). The van der Waals surface area contributed by atoms with Gasteiger partial charge in [0.05, 0.1) is 6.54 Å². The molecule has 1 fully saturated rings. The van der Waals surface area contributed by atoms with Crippen LogP contribution in [0.25, 0.3) is 0 Å². The molecule has 20 heavy (non-hydrogen) atoms. The van der Waals surface area contributed by atoms with E-state index in [0.29, 0.717) is 5.56 Å². The summed E-state index contributed by atoms with van der Waals surface area (Å²) in [7, 11) is 0. The molecule has 1 aromatic rings. The summed E-state index contributed by atoms with van der Waals surface area (Å²) < 4.78 is 0. The maximum atomic E-state index is 11.0. The smallest absolute Gasteiger partial charge is 0.317 e. The number of nitrogens with two attached hydrogens (primary N) is 1. The van der Waals surface area contributed by atoms with Gasteiger partial charge in [-0.25, -0.2) is 0 Å². The number of rotatable bonds is 4. The second-order valence-electron chi connectivity index (χ2n) is 4.92. The van der Waals surface area contributed by atoms with Gasteiger partial charge < -0.3 is 15.7 Å². The lowest BCUT2D eigenvalue weighted by atomic mass is 10.2. The molecule has 3 N–H and O–H groups in total. The Morgan fingerprint density at radius 3 is 2.40 bits per heavy atom. The van der Waals surface area contributed by atoms with E-state index in [4.69, 9.17) is 10.8 Å². The highest BCUT2D eigenvalue weighted by molar-refractivity contribution is 5.93. The molecule has 108 valence electrons.